The normalized spacial score (nSPS) is 15.6. The number of ether oxygens (including phenoxy) is 2. The smallest absolute Gasteiger partial charge is 0.340 e. The van der Waals surface area contributed by atoms with Gasteiger partial charge in [-0.05, 0) is 36.8 Å². The van der Waals surface area contributed by atoms with E-state index in [0.29, 0.717) is 29.4 Å². The van der Waals surface area contributed by atoms with Crippen molar-refractivity contribution in [2.45, 2.75) is 26.4 Å². The molecular formula is C22H21ClNO5+. The zero-order chi connectivity index (χ0) is 20.5. The summed E-state index contributed by atoms with van der Waals surface area (Å²) in [7, 11) is 1.30. The summed E-state index contributed by atoms with van der Waals surface area (Å²) in [4.78, 5) is 25.4. The van der Waals surface area contributed by atoms with Crippen LogP contribution in [0.15, 0.2) is 45.6 Å². The highest BCUT2D eigenvalue weighted by molar-refractivity contribution is 6.30. The lowest BCUT2D eigenvalue weighted by Crippen LogP contribution is -3.10. The molecule has 1 aliphatic rings. The van der Waals surface area contributed by atoms with Crippen molar-refractivity contribution in [3.8, 4) is 5.75 Å². The number of hydrogen-bond acceptors (Lipinski definition) is 5. The number of carbonyl (C=O) groups excluding carboxylic acids is 1. The van der Waals surface area contributed by atoms with Crippen LogP contribution in [0.3, 0.4) is 0 Å². The van der Waals surface area contributed by atoms with Gasteiger partial charge in [0.15, 0.2) is 5.58 Å². The first-order valence-corrected chi connectivity index (χ1v) is 9.70. The molecule has 2 heterocycles. The number of methoxy groups -OCH3 is 1. The molecule has 7 heteroatoms. The molecule has 6 nitrogen and oxygen atoms in total. The fourth-order valence-electron chi connectivity index (χ4n) is 3.75. The Balaban J connectivity index is 1.71. The van der Waals surface area contributed by atoms with E-state index in [1.807, 2.05) is 43.3 Å². The Hall–Kier alpha value is -2.83. The van der Waals surface area contributed by atoms with Crippen LogP contribution in [0.1, 0.15) is 22.3 Å². The number of hydrogen-bond donors (Lipinski definition) is 1. The molecule has 0 spiro atoms. The van der Waals surface area contributed by atoms with Gasteiger partial charge in [-0.2, -0.15) is 0 Å². The van der Waals surface area contributed by atoms with Gasteiger partial charge in [-0.1, -0.05) is 23.7 Å². The number of aryl methyl sites for hydroxylation is 1. The second kappa shape index (κ2) is 7.89. The van der Waals surface area contributed by atoms with E-state index in [4.69, 9.17) is 25.5 Å². The Bertz CT molecular complexity index is 1150. The van der Waals surface area contributed by atoms with E-state index in [2.05, 4.69) is 0 Å². The summed E-state index contributed by atoms with van der Waals surface area (Å²) in [5.41, 5.74) is 3.02. The molecule has 0 bridgehead atoms. The van der Waals surface area contributed by atoms with Crippen molar-refractivity contribution < 1.29 is 23.6 Å². The first kappa shape index (κ1) is 19.5. The van der Waals surface area contributed by atoms with Crippen LogP contribution < -0.4 is 15.3 Å². The van der Waals surface area contributed by atoms with Crippen LogP contribution in [0.5, 0.6) is 5.75 Å². The quantitative estimate of drug-likeness (QED) is 0.524. The molecule has 4 rings (SSSR count). The summed E-state index contributed by atoms with van der Waals surface area (Å²) >= 11 is 6.09. The molecule has 1 atom stereocenters. The summed E-state index contributed by atoms with van der Waals surface area (Å²) in [6.07, 6.45) is -0.111. The van der Waals surface area contributed by atoms with Gasteiger partial charge in [-0.3, -0.25) is 9.69 Å². The predicted molar refractivity (Wildman–Crippen MR) is 108 cm³/mol. The molecule has 150 valence electrons. The van der Waals surface area contributed by atoms with Crippen LogP contribution in [0.2, 0.25) is 5.02 Å². The van der Waals surface area contributed by atoms with Gasteiger partial charge in [0.25, 0.3) is 0 Å². The Morgan fingerprint density at radius 1 is 1.28 bits per heavy atom. The molecular weight excluding hydrogens is 394 g/mol. The first-order valence-electron chi connectivity index (χ1n) is 9.32. The molecule has 0 aliphatic carbocycles. The third kappa shape index (κ3) is 3.86. The number of esters is 1. The van der Waals surface area contributed by atoms with E-state index in [-0.39, 0.29) is 6.42 Å². The second-order valence-corrected chi connectivity index (χ2v) is 7.62. The van der Waals surface area contributed by atoms with Crippen LogP contribution >= 0.6 is 11.6 Å². The molecule has 1 aliphatic heterocycles. The number of halogens is 1. The fraction of sp³-hybridized carbons (Fsp3) is 0.273. The van der Waals surface area contributed by atoms with E-state index >= 15 is 0 Å². The second-order valence-electron chi connectivity index (χ2n) is 7.19. The van der Waals surface area contributed by atoms with E-state index < -0.39 is 11.6 Å². The Kier molecular flexibility index (Phi) is 5.30. The molecule has 3 aromatic rings. The first-order chi connectivity index (χ1) is 14.0. The Morgan fingerprint density at radius 3 is 2.86 bits per heavy atom. The molecule has 29 heavy (non-hydrogen) atoms. The number of benzene rings is 2. The molecule has 0 fully saturated rings. The highest BCUT2D eigenvalue weighted by Crippen LogP contribution is 2.31. The SMILES string of the molecule is COC(=O)Cc1c(C)c2ccc3c(c2oc1=O)C[NH+](Cc1cccc(Cl)c1)CO3. The van der Waals surface area contributed by atoms with Gasteiger partial charge in [0, 0.05) is 16.0 Å². The molecule has 0 amide bonds. The van der Waals surface area contributed by atoms with Crippen molar-refractivity contribution in [2.24, 2.45) is 0 Å². The lowest BCUT2D eigenvalue weighted by molar-refractivity contribution is -0.945. The summed E-state index contributed by atoms with van der Waals surface area (Å²) in [5, 5.41) is 1.50. The molecule has 1 aromatic heterocycles. The number of quaternary nitrogens is 1. The number of nitrogens with one attached hydrogen (secondary N) is 1. The monoisotopic (exact) mass is 414 g/mol. The van der Waals surface area contributed by atoms with Gasteiger partial charge in [-0.25, -0.2) is 4.79 Å². The Morgan fingerprint density at radius 2 is 2.10 bits per heavy atom. The van der Waals surface area contributed by atoms with Crippen molar-refractivity contribution in [1.29, 1.82) is 0 Å². The van der Waals surface area contributed by atoms with Crippen molar-refractivity contribution in [3.05, 3.63) is 74.1 Å². The topological polar surface area (TPSA) is 70.2 Å². The summed E-state index contributed by atoms with van der Waals surface area (Å²) in [6.45, 7) is 3.72. The van der Waals surface area contributed by atoms with Crippen LogP contribution in [-0.2, 0) is 29.0 Å². The van der Waals surface area contributed by atoms with E-state index in [0.717, 1.165) is 34.4 Å². The maximum Gasteiger partial charge on any atom is 0.340 e. The minimum Gasteiger partial charge on any atom is -0.469 e. The zero-order valence-corrected chi connectivity index (χ0v) is 17.0. The number of fused-ring (bicyclic) bond motifs is 3. The van der Waals surface area contributed by atoms with E-state index in [1.165, 1.54) is 12.0 Å². The highest BCUT2D eigenvalue weighted by Gasteiger charge is 2.26. The van der Waals surface area contributed by atoms with Crippen LogP contribution in [-0.4, -0.2) is 19.8 Å². The van der Waals surface area contributed by atoms with Crippen LogP contribution in [0, 0.1) is 6.92 Å². The zero-order valence-electron chi connectivity index (χ0n) is 16.2. The molecule has 0 saturated carbocycles. The maximum atomic E-state index is 12.6. The van der Waals surface area contributed by atoms with Crippen molar-refractivity contribution in [1.82, 2.24) is 0 Å². The molecule has 1 unspecified atom stereocenters. The molecule has 0 saturated heterocycles. The summed E-state index contributed by atoms with van der Waals surface area (Å²) in [5.74, 6) is 0.244. The maximum absolute atomic E-state index is 12.6. The average Bonchev–Trinajstić information content (AvgIpc) is 2.71. The standard InChI is InChI=1S/C22H20ClNO5/c1-13-16-6-7-19-18(21(16)29-22(26)17(13)9-20(25)27-2)11-24(12-28-19)10-14-4-3-5-15(23)8-14/h3-8H,9-12H2,1-2H3/p+1. The fourth-order valence-corrected chi connectivity index (χ4v) is 3.96. The summed E-state index contributed by atoms with van der Waals surface area (Å²) in [6, 6.07) is 11.5. The summed E-state index contributed by atoms with van der Waals surface area (Å²) < 4.78 is 16.3. The third-order valence-corrected chi connectivity index (χ3v) is 5.50. The van der Waals surface area contributed by atoms with Crippen molar-refractivity contribution in [3.63, 3.8) is 0 Å². The predicted octanol–water partition coefficient (Wildman–Crippen LogP) is 2.41. The molecule has 0 radical (unpaired) electrons. The van der Waals surface area contributed by atoms with Gasteiger partial charge in [-0.15, -0.1) is 0 Å². The van der Waals surface area contributed by atoms with Gasteiger partial charge in [0.05, 0.1) is 24.7 Å². The van der Waals surface area contributed by atoms with E-state index in [9.17, 15) is 9.59 Å². The van der Waals surface area contributed by atoms with Gasteiger partial charge < -0.3 is 13.9 Å². The minimum absolute atomic E-state index is 0.111. The van der Waals surface area contributed by atoms with Crippen LogP contribution in [0.4, 0.5) is 0 Å². The van der Waals surface area contributed by atoms with Gasteiger partial charge >= 0.3 is 11.6 Å². The largest absolute Gasteiger partial charge is 0.469 e. The molecule has 1 N–H and O–H groups in total. The van der Waals surface area contributed by atoms with Gasteiger partial charge in [0.1, 0.15) is 18.8 Å². The van der Waals surface area contributed by atoms with E-state index in [1.54, 1.807) is 0 Å². The van der Waals surface area contributed by atoms with Crippen molar-refractivity contribution >= 4 is 28.5 Å². The van der Waals surface area contributed by atoms with Crippen molar-refractivity contribution in [2.75, 3.05) is 13.8 Å². The number of rotatable bonds is 4. The lowest BCUT2D eigenvalue weighted by Gasteiger charge is -2.26. The lowest BCUT2D eigenvalue weighted by atomic mass is 10.00. The van der Waals surface area contributed by atoms with Crippen LogP contribution in [0.25, 0.3) is 11.0 Å². The minimum atomic E-state index is -0.518. The van der Waals surface area contributed by atoms with Gasteiger partial charge in [0.2, 0.25) is 6.73 Å². The Labute approximate surface area is 172 Å². The highest BCUT2D eigenvalue weighted by atomic mass is 35.5. The third-order valence-electron chi connectivity index (χ3n) is 5.27. The average molecular weight is 415 g/mol. The molecule has 2 aromatic carbocycles. The number of carbonyl (C=O) groups is 1.